The van der Waals surface area contributed by atoms with Gasteiger partial charge in [0.05, 0.1) is 11.8 Å². The molecule has 2 aliphatic carbocycles. The van der Waals surface area contributed by atoms with Gasteiger partial charge >= 0.3 is 0 Å². The van der Waals surface area contributed by atoms with Crippen LogP contribution in [0.1, 0.15) is 18.4 Å². The molecule has 1 saturated carbocycles. The van der Waals surface area contributed by atoms with Gasteiger partial charge in [0.15, 0.2) is 0 Å². The van der Waals surface area contributed by atoms with Gasteiger partial charge in [0.1, 0.15) is 0 Å². The van der Waals surface area contributed by atoms with E-state index in [-0.39, 0.29) is 54.4 Å². The fraction of sp³-hybridized carbons (Fsp3) is 0.444. The van der Waals surface area contributed by atoms with Gasteiger partial charge in [-0.3, -0.25) is 24.3 Å². The van der Waals surface area contributed by atoms with Gasteiger partial charge in [-0.1, -0.05) is 18.2 Å². The van der Waals surface area contributed by atoms with Crippen LogP contribution in [0.25, 0.3) is 0 Å². The lowest BCUT2D eigenvalue weighted by Gasteiger charge is -2.16. The highest BCUT2D eigenvalue weighted by molar-refractivity contribution is 6.06. The van der Waals surface area contributed by atoms with E-state index in [1.54, 1.807) is 12.4 Å². The summed E-state index contributed by atoms with van der Waals surface area (Å²) < 4.78 is 0. The smallest absolute Gasteiger partial charge is 0.233 e. The Balaban J connectivity index is 1.31. The van der Waals surface area contributed by atoms with Crippen LogP contribution in [0.5, 0.6) is 0 Å². The lowest BCUT2D eigenvalue weighted by atomic mass is 9.85. The van der Waals surface area contributed by atoms with Crippen molar-refractivity contribution in [3.8, 4) is 0 Å². The number of amides is 3. The van der Waals surface area contributed by atoms with Crippen LogP contribution < -0.4 is 5.32 Å². The summed E-state index contributed by atoms with van der Waals surface area (Å²) >= 11 is 0. The number of carbonyl (C=O) groups is 3. The molecule has 1 aliphatic heterocycles. The third kappa shape index (κ3) is 2.42. The molecule has 0 aromatic carbocycles. The zero-order valence-electron chi connectivity index (χ0n) is 13.2. The summed E-state index contributed by atoms with van der Waals surface area (Å²) in [5.41, 5.74) is 0.913. The number of fused-ring (bicyclic) bond motifs is 5. The highest BCUT2D eigenvalue weighted by Crippen LogP contribution is 2.52. The first-order valence-corrected chi connectivity index (χ1v) is 8.34. The Hall–Kier alpha value is -2.50. The summed E-state index contributed by atoms with van der Waals surface area (Å²) in [6.07, 6.45) is 8.57. The van der Waals surface area contributed by atoms with Gasteiger partial charge < -0.3 is 5.32 Å². The lowest BCUT2D eigenvalue weighted by Crippen LogP contribution is -2.36. The number of nitrogens with one attached hydrogen (secondary N) is 1. The van der Waals surface area contributed by atoms with Crippen molar-refractivity contribution < 1.29 is 14.4 Å². The van der Waals surface area contributed by atoms with E-state index in [4.69, 9.17) is 0 Å². The van der Waals surface area contributed by atoms with Gasteiger partial charge in [0.25, 0.3) is 0 Å². The van der Waals surface area contributed by atoms with Crippen molar-refractivity contribution in [2.75, 3.05) is 6.54 Å². The average Bonchev–Trinajstić information content (AvgIpc) is 3.27. The molecule has 2 fully saturated rings. The van der Waals surface area contributed by atoms with Crippen LogP contribution in [0.2, 0.25) is 0 Å². The van der Waals surface area contributed by atoms with Crippen molar-refractivity contribution in [3.05, 3.63) is 42.2 Å². The standard InChI is InChI=1S/C18H19N3O3/c22-14(20-10-11-2-1-6-19-9-11)5-7-21-17(23)15-12-3-4-13(8-12)16(15)18(21)24/h1-4,6,9,12-13,15-16H,5,7-8,10H2,(H,20,22)/t12-,13-,15-,16+/m0/s1. The van der Waals surface area contributed by atoms with E-state index in [1.807, 2.05) is 12.1 Å². The van der Waals surface area contributed by atoms with Crippen molar-refractivity contribution in [2.24, 2.45) is 23.7 Å². The zero-order valence-corrected chi connectivity index (χ0v) is 13.2. The first kappa shape index (κ1) is 15.1. The van der Waals surface area contributed by atoms with E-state index in [2.05, 4.69) is 22.5 Å². The topological polar surface area (TPSA) is 79.4 Å². The lowest BCUT2D eigenvalue weighted by molar-refractivity contribution is -0.141. The molecule has 0 unspecified atom stereocenters. The van der Waals surface area contributed by atoms with Crippen molar-refractivity contribution in [3.63, 3.8) is 0 Å². The minimum atomic E-state index is -0.189. The van der Waals surface area contributed by atoms with Crippen LogP contribution in [-0.2, 0) is 20.9 Å². The number of rotatable bonds is 5. The Bertz CT molecular complexity index is 685. The van der Waals surface area contributed by atoms with Gasteiger partial charge in [0.2, 0.25) is 17.7 Å². The van der Waals surface area contributed by atoms with Gasteiger partial charge in [-0.05, 0) is 29.9 Å². The minimum absolute atomic E-state index is 0.0955. The van der Waals surface area contributed by atoms with Crippen LogP contribution in [0, 0.1) is 23.7 Å². The summed E-state index contributed by atoms with van der Waals surface area (Å²) in [4.78, 5) is 42.3. The normalized spacial score (nSPS) is 30.1. The molecule has 1 aromatic rings. The number of hydrogen-bond acceptors (Lipinski definition) is 4. The molecule has 0 spiro atoms. The summed E-state index contributed by atoms with van der Waals surface area (Å²) in [6.45, 7) is 0.566. The third-order valence-corrected chi connectivity index (χ3v) is 5.34. The Morgan fingerprint density at radius 2 is 1.92 bits per heavy atom. The molecule has 0 radical (unpaired) electrons. The second kappa shape index (κ2) is 5.85. The van der Waals surface area contributed by atoms with Gasteiger partial charge in [-0.2, -0.15) is 0 Å². The Kier molecular flexibility index (Phi) is 3.67. The van der Waals surface area contributed by atoms with Gasteiger partial charge in [-0.25, -0.2) is 0 Å². The quantitative estimate of drug-likeness (QED) is 0.644. The molecule has 2 heterocycles. The average molecular weight is 325 g/mol. The number of likely N-dealkylation sites (tertiary alicyclic amines) is 1. The summed E-state index contributed by atoms with van der Waals surface area (Å²) in [6, 6.07) is 3.69. The molecule has 4 atom stereocenters. The maximum Gasteiger partial charge on any atom is 0.233 e. The number of aromatic nitrogens is 1. The molecule has 2 bridgehead atoms. The number of carbonyl (C=O) groups excluding carboxylic acids is 3. The minimum Gasteiger partial charge on any atom is -0.352 e. The number of nitrogens with zero attached hydrogens (tertiary/aromatic N) is 2. The highest BCUT2D eigenvalue weighted by Gasteiger charge is 2.58. The first-order chi connectivity index (χ1) is 11.6. The number of allylic oxidation sites excluding steroid dienone is 2. The Morgan fingerprint density at radius 1 is 1.21 bits per heavy atom. The molecule has 1 saturated heterocycles. The number of hydrogen-bond donors (Lipinski definition) is 1. The van der Waals surface area contributed by atoms with E-state index >= 15 is 0 Å². The molecular formula is C18H19N3O3. The maximum absolute atomic E-state index is 12.5. The van der Waals surface area contributed by atoms with Crippen LogP contribution in [0.15, 0.2) is 36.7 Å². The Labute approximate surface area is 139 Å². The van der Waals surface area contributed by atoms with E-state index < -0.39 is 0 Å². The predicted molar refractivity (Wildman–Crippen MR) is 85.1 cm³/mol. The molecule has 24 heavy (non-hydrogen) atoms. The highest BCUT2D eigenvalue weighted by atomic mass is 16.2. The predicted octanol–water partition coefficient (Wildman–Crippen LogP) is 0.895. The molecule has 3 aliphatic rings. The fourth-order valence-electron chi connectivity index (χ4n) is 4.19. The molecule has 6 heteroatoms. The van der Waals surface area contributed by atoms with E-state index in [9.17, 15) is 14.4 Å². The maximum atomic E-state index is 12.5. The van der Waals surface area contributed by atoms with Crippen LogP contribution in [-0.4, -0.2) is 34.2 Å². The number of imide groups is 1. The molecule has 4 rings (SSSR count). The van der Waals surface area contributed by atoms with E-state index in [0.29, 0.717) is 6.54 Å². The zero-order chi connectivity index (χ0) is 16.7. The number of pyridine rings is 1. The largest absolute Gasteiger partial charge is 0.352 e. The molecule has 1 aromatic heterocycles. The van der Waals surface area contributed by atoms with Crippen molar-refractivity contribution in [2.45, 2.75) is 19.4 Å². The van der Waals surface area contributed by atoms with Crippen molar-refractivity contribution in [1.29, 1.82) is 0 Å². The molecule has 6 nitrogen and oxygen atoms in total. The van der Waals surface area contributed by atoms with Gasteiger partial charge in [-0.15, -0.1) is 0 Å². The first-order valence-electron chi connectivity index (χ1n) is 8.34. The fourth-order valence-corrected chi connectivity index (χ4v) is 4.19. The van der Waals surface area contributed by atoms with Gasteiger partial charge in [0, 0.05) is 31.9 Å². The molecular weight excluding hydrogens is 306 g/mol. The summed E-state index contributed by atoms with van der Waals surface area (Å²) in [7, 11) is 0. The van der Waals surface area contributed by atoms with Crippen molar-refractivity contribution in [1.82, 2.24) is 15.2 Å². The Morgan fingerprint density at radius 3 is 2.54 bits per heavy atom. The monoisotopic (exact) mass is 325 g/mol. The van der Waals surface area contributed by atoms with Crippen LogP contribution in [0.4, 0.5) is 0 Å². The van der Waals surface area contributed by atoms with Crippen LogP contribution >= 0.6 is 0 Å². The van der Waals surface area contributed by atoms with E-state index in [0.717, 1.165) is 12.0 Å². The molecule has 3 amide bonds. The molecule has 124 valence electrons. The summed E-state index contributed by atoms with van der Waals surface area (Å²) in [5.74, 6) is -0.319. The summed E-state index contributed by atoms with van der Waals surface area (Å²) in [5, 5.41) is 2.79. The third-order valence-electron chi connectivity index (χ3n) is 5.34. The SMILES string of the molecule is O=C(CCN1C(=O)[C@@H]2[C@H](C1=O)[C@H]1C=C[C@H]2C1)NCc1cccnc1. The second-order valence-corrected chi connectivity index (χ2v) is 6.72. The molecule has 1 N–H and O–H groups in total. The van der Waals surface area contributed by atoms with Crippen molar-refractivity contribution >= 4 is 17.7 Å². The van der Waals surface area contributed by atoms with Crippen LogP contribution in [0.3, 0.4) is 0 Å². The van der Waals surface area contributed by atoms with E-state index in [1.165, 1.54) is 4.90 Å². The second-order valence-electron chi connectivity index (χ2n) is 6.72.